The van der Waals surface area contributed by atoms with Crippen LogP contribution in [0.5, 0.6) is 0 Å². The van der Waals surface area contributed by atoms with Crippen LogP contribution in [0.15, 0.2) is 23.6 Å². The molecule has 2 aromatic rings. The van der Waals surface area contributed by atoms with E-state index in [1.54, 1.807) is 13.4 Å². The Labute approximate surface area is 147 Å². The Kier molecular flexibility index (Phi) is 6.57. The first kappa shape index (κ1) is 18.7. The van der Waals surface area contributed by atoms with Crippen LogP contribution in [0, 0.1) is 20.8 Å². The molecule has 0 aliphatic carbocycles. The molecule has 1 unspecified atom stereocenters. The summed E-state index contributed by atoms with van der Waals surface area (Å²) in [5.41, 5.74) is 4.17. The molecule has 0 saturated heterocycles. The van der Waals surface area contributed by atoms with Crippen molar-refractivity contribution in [2.24, 2.45) is 0 Å². The molecule has 0 aliphatic rings. The molecule has 0 amide bonds. The van der Waals surface area contributed by atoms with Crippen molar-refractivity contribution in [1.82, 2.24) is 14.8 Å². The Balaban J connectivity index is 2.10. The molecule has 0 bridgehead atoms. The summed E-state index contributed by atoms with van der Waals surface area (Å²) in [6.07, 6.45) is 2.59. The number of thioether (sulfide) groups is 1. The van der Waals surface area contributed by atoms with Gasteiger partial charge in [0, 0.05) is 25.8 Å². The number of hydrogen-bond acceptors (Lipinski definition) is 5. The van der Waals surface area contributed by atoms with Gasteiger partial charge in [-0.1, -0.05) is 17.8 Å². The van der Waals surface area contributed by atoms with Gasteiger partial charge >= 0.3 is 0 Å². The lowest BCUT2D eigenvalue weighted by molar-refractivity contribution is 0.0993. The number of ether oxygens (including phenoxy) is 1. The Hall–Kier alpha value is -1.66. The van der Waals surface area contributed by atoms with E-state index in [2.05, 4.69) is 23.2 Å². The van der Waals surface area contributed by atoms with Crippen molar-refractivity contribution in [2.75, 3.05) is 13.7 Å². The molecular formula is C18H25N3O2S. The quantitative estimate of drug-likeness (QED) is 0.415. The standard InChI is InChI=1S/C18H25N3O2S/c1-12-9-14(3)16(10-13(12)2)17(22)15(4)24-18-20-19-11-21(18)7-6-8-23-5/h9-11,15H,6-8H2,1-5H3. The zero-order chi connectivity index (χ0) is 17.7. The fourth-order valence-electron chi connectivity index (χ4n) is 2.52. The van der Waals surface area contributed by atoms with Crippen molar-refractivity contribution >= 4 is 17.5 Å². The van der Waals surface area contributed by atoms with Gasteiger partial charge in [0.15, 0.2) is 10.9 Å². The van der Waals surface area contributed by atoms with Gasteiger partial charge in [0.25, 0.3) is 0 Å². The maximum Gasteiger partial charge on any atom is 0.191 e. The summed E-state index contributed by atoms with van der Waals surface area (Å²) in [5.74, 6) is 0.132. The predicted molar refractivity (Wildman–Crippen MR) is 96.8 cm³/mol. The lowest BCUT2D eigenvalue weighted by Gasteiger charge is -2.14. The van der Waals surface area contributed by atoms with E-state index in [4.69, 9.17) is 4.74 Å². The number of aryl methyl sites for hydroxylation is 4. The highest BCUT2D eigenvalue weighted by atomic mass is 32.2. The van der Waals surface area contributed by atoms with Gasteiger partial charge in [0.2, 0.25) is 0 Å². The summed E-state index contributed by atoms with van der Waals surface area (Å²) in [6, 6.07) is 4.07. The molecule has 0 aliphatic heterocycles. The number of rotatable bonds is 8. The summed E-state index contributed by atoms with van der Waals surface area (Å²) < 4.78 is 7.05. The summed E-state index contributed by atoms with van der Waals surface area (Å²) in [7, 11) is 1.69. The lowest BCUT2D eigenvalue weighted by Crippen LogP contribution is -2.16. The predicted octanol–water partition coefficient (Wildman–Crippen LogP) is 3.60. The van der Waals surface area contributed by atoms with Gasteiger partial charge in [-0.05, 0) is 56.9 Å². The van der Waals surface area contributed by atoms with Gasteiger partial charge in [-0.25, -0.2) is 0 Å². The van der Waals surface area contributed by atoms with E-state index in [0.29, 0.717) is 6.61 Å². The molecule has 24 heavy (non-hydrogen) atoms. The smallest absolute Gasteiger partial charge is 0.191 e. The number of aromatic nitrogens is 3. The number of methoxy groups -OCH3 is 1. The molecule has 1 atom stereocenters. The van der Waals surface area contributed by atoms with Crippen LogP contribution in [-0.4, -0.2) is 39.5 Å². The van der Waals surface area contributed by atoms with Gasteiger partial charge in [-0.2, -0.15) is 0 Å². The average molecular weight is 347 g/mol. The minimum Gasteiger partial charge on any atom is -0.385 e. The Morgan fingerprint density at radius 3 is 2.67 bits per heavy atom. The molecule has 0 saturated carbocycles. The number of benzene rings is 1. The first-order chi connectivity index (χ1) is 11.4. The minimum atomic E-state index is -0.212. The topological polar surface area (TPSA) is 57.0 Å². The fourth-order valence-corrected chi connectivity index (χ4v) is 3.44. The Bertz CT molecular complexity index is 712. The SMILES string of the molecule is COCCCn1cnnc1SC(C)C(=O)c1cc(C)c(C)cc1C. The molecular weight excluding hydrogens is 322 g/mol. The molecule has 5 nitrogen and oxygen atoms in total. The molecule has 1 heterocycles. The number of carbonyl (C=O) groups excluding carboxylic acids is 1. The van der Waals surface area contributed by atoms with Crippen molar-refractivity contribution < 1.29 is 9.53 Å². The normalized spacial score (nSPS) is 12.4. The van der Waals surface area contributed by atoms with Crippen LogP contribution in [0.4, 0.5) is 0 Å². The lowest BCUT2D eigenvalue weighted by atomic mass is 9.97. The molecule has 2 rings (SSSR count). The first-order valence-electron chi connectivity index (χ1n) is 8.09. The van der Waals surface area contributed by atoms with E-state index in [1.807, 2.05) is 31.4 Å². The van der Waals surface area contributed by atoms with E-state index in [1.165, 1.54) is 17.3 Å². The van der Waals surface area contributed by atoms with Crippen LogP contribution >= 0.6 is 11.8 Å². The second-order valence-electron chi connectivity index (χ2n) is 6.03. The van der Waals surface area contributed by atoms with E-state index in [-0.39, 0.29) is 11.0 Å². The second-order valence-corrected chi connectivity index (χ2v) is 7.34. The van der Waals surface area contributed by atoms with Crippen molar-refractivity contribution in [3.8, 4) is 0 Å². The van der Waals surface area contributed by atoms with E-state index in [0.717, 1.165) is 34.8 Å². The fraction of sp³-hybridized carbons (Fsp3) is 0.500. The average Bonchev–Trinajstić information content (AvgIpc) is 2.97. The van der Waals surface area contributed by atoms with Gasteiger partial charge in [-0.3, -0.25) is 4.79 Å². The maximum atomic E-state index is 12.8. The Morgan fingerprint density at radius 2 is 1.96 bits per heavy atom. The highest BCUT2D eigenvalue weighted by molar-refractivity contribution is 8.00. The zero-order valence-corrected chi connectivity index (χ0v) is 15.8. The van der Waals surface area contributed by atoms with Crippen molar-refractivity contribution in [1.29, 1.82) is 0 Å². The molecule has 130 valence electrons. The largest absolute Gasteiger partial charge is 0.385 e. The van der Waals surface area contributed by atoms with Gasteiger partial charge in [0.1, 0.15) is 6.33 Å². The van der Waals surface area contributed by atoms with Crippen LogP contribution in [0.1, 0.15) is 40.4 Å². The highest BCUT2D eigenvalue weighted by Gasteiger charge is 2.21. The summed E-state index contributed by atoms with van der Waals surface area (Å²) >= 11 is 1.46. The van der Waals surface area contributed by atoms with Crippen LogP contribution < -0.4 is 0 Å². The molecule has 0 fully saturated rings. The number of carbonyl (C=O) groups is 1. The van der Waals surface area contributed by atoms with Crippen LogP contribution in [0.25, 0.3) is 0 Å². The third kappa shape index (κ3) is 4.45. The maximum absolute atomic E-state index is 12.8. The van der Waals surface area contributed by atoms with Crippen LogP contribution in [-0.2, 0) is 11.3 Å². The summed E-state index contributed by atoms with van der Waals surface area (Å²) in [6.45, 7) is 9.50. The number of hydrogen-bond donors (Lipinski definition) is 0. The molecule has 0 N–H and O–H groups in total. The number of Topliss-reactive ketones (excluding diaryl/α,β-unsaturated/α-hetero) is 1. The van der Waals surface area contributed by atoms with E-state index in [9.17, 15) is 4.79 Å². The van der Waals surface area contributed by atoms with Crippen LogP contribution in [0.2, 0.25) is 0 Å². The van der Waals surface area contributed by atoms with Crippen molar-refractivity contribution in [3.05, 3.63) is 40.7 Å². The highest BCUT2D eigenvalue weighted by Crippen LogP contribution is 2.26. The van der Waals surface area contributed by atoms with Crippen molar-refractivity contribution in [3.63, 3.8) is 0 Å². The van der Waals surface area contributed by atoms with Crippen LogP contribution in [0.3, 0.4) is 0 Å². The van der Waals surface area contributed by atoms with Gasteiger partial charge in [0.05, 0.1) is 5.25 Å². The van der Waals surface area contributed by atoms with E-state index >= 15 is 0 Å². The first-order valence-corrected chi connectivity index (χ1v) is 8.97. The second kappa shape index (κ2) is 8.44. The van der Waals surface area contributed by atoms with E-state index < -0.39 is 0 Å². The molecule has 6 heteroatoms. The summed E-state index contributed by atoms with van der Waals surface area (Å²) in [5, 5.41) is 8.68. The Morgan fingerprint density at radius 1 is 1.25 bits per heavy atom. The number of ketones is 1. The minimum absolute atomic E-state index is 0.132. The third-order valence-corrected chi connectivity index (χ3v) is 5.18. The molecule has 0 radical (unpaired) electrons. The monoisotopic (exact) mass is 347 g/mol. The molecule has 0 spiro atoms. The van der Waals surface area contributed by atoms with Gasteiger partial charge < -0.3 is 9.30 Å². The molecule has 1 aromatic carbocycles. The number of nitrogens with zero attached hydrogens (tertiary/aromatic N) is 3. The van der Waals surface area contributed by atoms with Gasteiger partial charge in [-0.15, -0.1) is 10.2 Å². The third-order valence-electron chi connectivity index (χ3n) is 4.09. The van der Waals surface area contributed by atoms with Crippen molar-refractivity contribution in [2.45, 2.75) is 51.1 Å². The summed E-state index contributed by atoms with van der Waals surface area (Å²) in [4.78, 5) is 12.8. The zero-order valence-electron chi connectivity index (χ0n) is 15.0. The molecule has 1 aromatic heterocycles.